The van der Waals surface area contributed by atoms with Gasteiger partial charge in [-0.2, -0.15) is 28.8 Å². The van der Waals surface area contributed by atoms with E-state index >= 15 is 0 Å². The Morgan fingerprint density at radius 2 is 2.37 bits per heavy atom. The van der Waals surface area contributed by atoms with Gasteiger partial charge in [0, 0.05) is 35.6 Å². The predicted molar refractivity (Wildman–Crippen MR) is 82.8 cm³/mol. The largest absolute Gasteiger partial charge is 0.479 e. The zero-order valence-corrected chi connectivity index (χ0v) is 12.4. The van der Waals surface area contributed by atoms with Crippen molar-refractivity contribution in [1.29, 1.82) is 5.26 Å². The molecule has 1 N–H and O–H groups in total. The van der Waals surface area contributed by atoms with Gasteiger partial charge in [-0.15, -0.1) is 0 Å². The Morgan fingerprint density at radius 1 is 1.42 bits per heavy atom. The molecule has 19 heavy (non-hydrogen) atoms. The highest BCUT2D eigenvalue weighted by Crippen LogP contribution is 2.23. The van der Waals surface area contributed by atoms with Gasteiger partial charge in [0.15, 0.2) is 6.61 Å². The topological polar surface area (TPSA) is 45.0 Å². The second kappa shape index (κ2) is 8.36. The van der Waals surface area contributed by atoms with Crippen molar-refractivity contribution in [2.45, 2.75) is 11.8 Å². The van der Waals surface area contributed by atoms with Crippen molar-refractivity contribution in [2.75, 3.05) is 30.4 Å². The molecule has 0 spiro atoms. The zero-order chi connectivity index (χ0) is 13.3. The highest BCUT2D eigenvalue weighted by atomic mass is 32.2. The molecule has 0 amide bonds. The molecule has 0 radical (unpaired) electrons. The fourth-order valence-corrected chi connectivity index (χ4v) is 4.54. The van der Waals surface area contributed by atoms with Gasteiger partial charge in [0.05, 0.1) is 0 Å². The second-order valence-electron chi connectivity index (χ2n) is 4.29. The molecule has 1 aliphatic heterocycles. The Balaban J connectivity index is 1.74. The van der Waals surface area contributed by atoms with E-state index in [2.05, 4.69) is 23.1 Å². The quantitative estimate of drug-likeness (QED) is 0.873. The number of nitrogens with zero attached hydrogens (tertiary/aromatic N) is 1. The summed E-state index contributed by atoms with van der Waals surface area (Å²) in [6, 6.07) is 9.90. The average molecular weight is 294 g/mol. The molecule has 1 heterocycles. The molecule has 1 aromatic rings. The van der Waals surface area contributed by atoms with Crippen LogP contribution in [0.5, 0.6) is 5.75 Å². The maximum atomic E-state index is 8.49. The van der Waals surface area contributed by atoms with Crippen LogP contribution in [0.15, 0.2) is 24.3 Å². The lowest BCUT2D eigenvalue weighted by Gasteiger charge is -2.21. The molecule has 1 atom stereocenters. The molecule has 102 valence electrons. The van der Waals surface area contributed by atoms with Crippen molar-refractivity contribution in [2.24, 2.45) is 0 Å². The standard InChI is InChI=1S/C14H18N2OS2/c15-4-5-17-13-3-1-2-12(8-13)9-16-10-14-11-18-6-7-19-14/h1-3,8,14,16H,5-7,9-11H2. The normalized spacial score (nSPS) is 18.8. The van der Waals surface area contributed by atoms with Crippen LogP contribution < -0.4 is 10.1 Å². The van der Waals surface area contributed by atoms with Crippen LogP contribution >= 0.6 is 23.5 Å². The van der Waals surface area contributed by atoms with Crippen LogP contribution in [0.1, 0.15) is 5.56 Å². The van der Waals surface area contributed by atoms with E-state index in [1.807, 2.05) is 36.0 Å². The summed E-state index contributed by atoms with van der Waals surface area (Å²) in [6.45, 7) is 2.01. The van der Waals surface area contributed by atoms with Gasteiger partial charge in [0.2, 0.25) is 0 Å². The van der Waals surface area contributed by atoms with Crippen LogP contribution in [-0.2, 0) is 6.54 Å². The lowest BCUT2D eigenvalue weighted by atomic mass is 10.2. The van der Waals surface area contributed by atoms with Crippen molar-refractivity contribution >= 4 is 23.5 Å². The number of benzene rings is 1. The first-order valence-corrected chi connectivity index (χ1v) is 8.57. The van der Waals surface area contributed by atoms with Crippen molar-refractivity contribution in [1.82, 2.24) is 5.32 Å². The number of ether oxygens (including phenoxy) is 1. The van der Waals surface area contributed by atoms with Crippen LogP contribution in [0.3, 0.4) is 0 Å². The first-order valence-electron chi connectivity index (χ1n) is 6.37. The molecule has 3 nitrogen and oxygen atoms in total. The van der Waals surface area contributed by atoms with Crippen molar-refractivity contribution in [3.8, 4) is 11.8 Å². The number of rotatable bonds is 6. The van der Waals surface area contributed by atoms with Gasteiger partial charge in [-0.1, -0.05) is 12.1 Å². The number of nitrogens with one attached hydrogen (secondary N) is 1. The summed E-state index contributed by atoms with van der Waals surface area (Å²) in [5, 5.41) is 12.7. The third-order valence-corrected chi connectivity index (χ3v) is 5.63. The molecule has 1 unspecified atom stereocenters. The zero-order valence-electron chi connectivity index (χ0n) is 10.8. The van der Waals surface area contributed by atoms with Gasteiger partial charge >= 0.3 is 0 Å². The number of thioether (sulfide) groups is 2. The van der Waals surface area contributed by atoms with Crippen LogP contribution in [0, 0.1) is 11.3 Å². The molecule has 1 aliphatic rings. The minimum Gasteiger partial charge on any atom is -0.479 e. The minimum absolute atomic E-state index is 0.104. The first-order chi connectivity index (χ1) is 9.38. The second-order valence-corrected chi connectivity index (χ2v) is 6.85. The monoisotopic (exact) mass is 294 g/mol. The fraction of sp³-hybridized carbons (Fsp3) is 0.500. The molecule has 1 saturated heterocycles. The summed E-state index contributed by atoms with van der Waals surface area (Å²) in [7, 11) is 0. The van der Waals surface area contributed by atoms with Gasteiger partial charge in [-0.05, 0) is 17.7 Å². The summed E-state index contributed by atoms with van der Waals surface area (Å²) >= 11 is 4.12. The molecule has 1 fully saturated rings. The van der Waals surface area contributed by atoms with Gasteiger partial charge in [-0.3, -0.25) is 0 Å². The molecule has 0 aromatic heterocycles. The lowest BCUT2D eigenvalue weighted by Crippen LogP contribution is -2.28. The van der Waals surface area contributed by atoms with Crippen LogP contribution in [-0.4, -0.2) is 35.7 Å². The summed E-state index contributed by atoms with van der Waals surface area (Å²) in [5.74, 6) is 4.58. The maximum Gasteiger partial charge on any atom is 0.174 e. The van der Waals surface area contributed by atoms with E-state index in [9.17, 15) is 0 Å². The van der Waals surface area contributed by atoms with Gasteiger partial charge in [-0.25, -0.2) is 0 Å². The molecular formula is C14H18N2OS2. The van der Waals surface area contributed by atoms with Gasteiger partial charge < -0.3 is 10.1 Å². The number of hydrogen-bond donors (Lipinski definition) is 1. The maximum absolute atomic E-state index is 8.49. The molecule has 1 aromatic carbocycles. The van der Waals surface area contributed by atoms with E-state index in [4.69, 9.17) is 10.00 Å². The molecule has 0 bridgehead atoms. The molecular weight excluding hydrogens is 276 g/mol. The Hall–Kier alpha value is -0.830. The third kappa shape index (κ3) is 5.35. The lowest BCUT2D eigenvalue weighted by molar-refractivity contribution is 0.367. The summed E-state index contributed by atoms with van der Waals surface area (Å²) < 4.78 is 5.30. The SMILES string of the molecule is N#CCOc1cccc(CNCC2CSCCS2)c1. The van der Waals surface area contributed by atoms with Gasteiger partial charge in [0.25, 0.3) is 0 Å². The summed E-state index contributed by atoms with van der Waals surface area (Å²) in [6.07, 6.45) is 0. The number of hydrogen-bond acceptors (Lipinski definition) is 5. The first kappa shape index (κ1) is 14.6. The fourth-order valence-electron chi connectivity index (χ4n) is 1.89. The Morgan fingerprint density at radius 3 is 3.16 bits per heavy atom. The summed E-state index contributed by atoms with van der Waals surface area (Å²) in [5.41, 5.74) is 1.20. The van der Waals surface area contributed by atoms with Crippen LogP contribution in [0.25, 0.3) is 0 Å². The molecule has 0 aliphatic carbocycles. The van der Waals surface area contributed by atoms with Crippen molar-refractivity contribution < 1.29 is 4.74 Å². The average Bonchev–Trinajstić information content (AvgIpc) is 2.47. The molecule has 0 saturated carbocycles. The van der Waals surface area contributed by atoms with Crippen LogP contribution in [0.4, 0.5) is 0 Å². The Bertz CT molecular complexity index is 428. The Labute approximate surface area is 123 Å². The van der Waals surface area contributed by atoms with E-state index in [-0.39, 0.29) is 6.61 Å². The van der Waals surface area contributed by atoms with Crippen molar-refractivity contribution in [3.05, 3.63) is 29.8 Å². The van der Waals surface area contributed by atoms with Crippen LogP contribution in [0.2, 0.25) is 0 Å². The summed E-state index contributed by atoms with van der Waals surface area (Å²) in [4.78, 5) is 0. The Kier molecular flexibility index (Phi) is 6.42. The van der Waals surface area contributed by atoms with E-state index in [1.165, 1.54) is 22.8 Å². The highest BCUT2D eigenvalue weighted by Gasteiger charge is 2.13. The number of nitriles is 1. The van der Waals surface area contributed by atoms with Crippen molar-refractivity contribution in [3.63, 3.8) is 0 Å². The minimum atomic E-state index is 0.104. The predicted octanol–water partition coefficient (Wildman–Crippen LogP) is 2.53. The third-order valence-electron chi connectivity index (χ3n) is 2.79. The molecule has 5 heteroatoms. The van der Waals surface area contributed by atoms with E-state index in [0.29, 0.717) is 0 Å². The highest BCUT2D eigenvalue weighted by molar-refractivity contribution is 8.06. The van der Waals surface area contributed by atoms with E-state index in [0.717, 1.165) is 24.1 Å². The molecule has 2 rings (SSSR count). The van der Waals surface area contributed by atoms with E-state index < -0.39 is 0 Å². The smallest absolute Gasteiger partial charge is 0.174 e. The van der Waals surface area contributed by atoms with E-state index in [1.54, 1.807) is 0 Å². The van der Waals surface area contributed by atoms with Gasteiger partial charge in [0.1, 0.15) is 11.8 Å².